The molecule has 37 heavy (non-hydrogen) atoms. The predicted octanol–water partition coefficient (Wildman–Crippen LogP) is 10.4. The molecule has 4 nitrogen and oxygen atoms in total. The van der Waals surface area contributed by atoms with Crippen molar-refractivity contribution in [3.05, 3.63) is 23.3 Å². The molecule has 1 aromatic rings. The Kier molecular flexibility index (Phi) is 16.0. The third kappa shape index (κ3) is 14.7. The molecule has 0 saturated heterocycles. The van der Waals surface area contributed by atoms with Crippen molar-refractivity contribution < 1.29 is 9.90 Å². The molecule has 0 aromatic heterocycles. The van der Waals surface area contributed by atoms with Crippen LogP contribution in [-0.2, 0) is 10.8 Å². The van der Waals surface area contributed by atoms with E-state index in [4.69, 9.17) is 0 Å². The molecule has 3 N–H and O–H groups in total. The normalized spacial score (nSPS) is 12.1. The third-order valence-corrected chi connectivity index (χ3v) is 7.30. The number of benzene rings is 1. The molecule has 0 spiro atoms. The summed E-state index contributed by atoms with van der Waals surface area (Å²) in [7, 11) is 0. The molecule has 214 valence electrons. The minimum Gasteiger partial charge on any atom is -0.507 e. The Morgan fingerprint density at radius 3 is 1.35 bits per heavy atom. The Hall–Kier alpha value is -1.71. The van der Waals surface area contributed by atoms with Gasteiger partial charge in [-0.25, -0.2) is 4.79 Å². The van der Waals surface area contributed by atoms with Crippen LogP contribution in [0.3, 0.4) is 0 Å². The van der Waals surface area contributed by atoms with Gasteiger partial charge in [-0.15, -0.1) is 0 Å². The maximum atomic E-state index is 12.5. The second kappa shape index (κ2) is 17.7. The standard InChI is InChI=1S/C33H60N2O2/c1-8-9-10-11-12-13-14-15-16-17-18-19-20-21-22-23-24-34-31(37)35-27-25-28(32(2,3)4)30(36)29(26-27)33(5,6)7/h25-26,36H,8-24H2,1-7H3,(H2,34,35,37). The number of amides is 2. The van der Waals surface area contributed by atoms with E-state index in [0.29, 0.717) is 12.3 Å². The Bertz CT molecular complexity index is 724. The van der Waals surface area contributed by atoms with Crippen molar-refractivity contribution in [3.63, 3.8) is 0 Å². The van der Waals surface area contributed by atoms with Gasteiger partial charge in [-0.1, -0.05) is 145 Å². The molecule has 0 fully saturated rings. The molecule has 0 heterocycles. The van der Waals surface area contributed by atoms with Crippen LogP contribution in [0.1, 0.15) is 162 Å². The summed E-state index contributed by atoms with van der Waals surface area (Å²) >= 11 is 0. The van der Waals surface area contributed by atoms with Gasteiger partial charge in [-0.2, -0.15) is 0 Å². The maximum Gasteiger partial charge on any atom is 0.319 e. The fourth-order valence-corrected chi connectivity index (χ4v) is 4.90. The maximum absolute atomic E-state index is 12.5. The summed E-state index contributed by atoms with van der Waals surface area (Å²) in [5, 5.41) is 16.8. The Labute approximate surface area is 229 Å². The zero-order chi connectivity index (χ0) is 27.7. The third-order valence-electron chi connectivity index (χ3n) is 7.30. The summed E-state index contributed by atoms with van der Waals surface area (Å²) in [6, 6.07) is 3.63. The summed E-state index contributed by atoms with van der Waals surface area (Å²) < 4.78 is 0. The number of unbranched alkanes of at least 4 members (excludes halogenated alkanes) is 15. The van der Waals surface area contributed by atoms with Crippen molar-refractivity contribution in [2.45, 2.75) is 162 Å². The van der Waals surface area contributed by atoms with Gasteiger partial charge in [-0.05, 0) is 29.4 Å². The summed E-state index contributed by atoms with van der Waals surface area (Å²) in [6.45, 7) is 15.5. The Morgan fingerprint density at radius 2 is 1.00 bits per heavy atom. The molecule has 0 unspecified atom stereocenters. The van der Waals surface area contributed by atoms with Crippen LogP contribution >= 0.6 is 0 Å². The Balaban J connectivity index is 2.17. The van der Waals surface area contributed by atoms with Crippen molar-refractivity contribution in [1.82, 2.24) is 5.32 Å². The number of anilines is 1. The van der Waals surface area contributed by atoms with Gasteiger partial charge in [0.15, 0.2) is 0 Å². The quantitative estimate of drug-likeness (QED) is 0.134. The minimum atomic E-state index is -0.216. The molecule has 1 aromatic carbocycles. The monoisotopic (exact) mass is 516 g/mol. The number of rotatable bonds is 18. The lowest BCUT2D eigenvalue weighted by molar-refractivity contribution is 0.252. The van der Waals surface area contributed by atoms with E-state index in [1.54, 1.807) is 0 Å². The van der Waals surface area contributed by atoms with Crippen molar-refractivity contribution in [1.29, 1.82) is 0 Å². The van der Waals surface area contributed by atoms with Crippen LogP contribution in [0.5, 0.6) is 5.75 Å². The summed E-state index contributed by atoms with van der Waals surface area (Å²) in [5.74, 6) is 0.333. The highest BCUT2D eigenvalue weighted by molar-refractivity contribution is 5.89. The number of phenolic OH excluding ortho intramolecular Hbond substituents is 1. The first kappa shape index (κ1) is 33.3. The van der Waals surface area contributed by atoms with E-state index in [0.717, 1.165) is 23.2 Å². The van der Waals surface area contributed by atoms with Crippen LogP contribution in [0.2, 0.25) is 0 Å². The molecule has 0 radical (unpaired) electrons. The highest BCUT2D eigenvalue weighted by Gasteiger charge is 2.26. The lowest BCUT2D eigenvalue weighted by Crippen LogP contribution is -2.30. The number of hydrogen-bond donors (Lipinski definition) is 3. The smallest absolute Gasteiger partial charge is 0.319 e. The number of phenols is 1. The van der Waals surface area contributed by atoms with E-state index in [2.05, 4.69) is 59.1 Å². The van der Waals surface area contributed by atoms with E-state index in [9.17, 15) is 9.90 Å². The fourth-order valence-electron chi connectivity index (χ4n) is 4.90. The molecule has 0 bridgehead atoms. The van der Waals surface area contributed by atoms with Gasteiger partial charge in [0.2, 0.25) is 0 Å². The first-order chi connectivity index (χ1) is 17.5. The summed E-state index contributed by atoms with van der Waals surface area (Å²) in [5.41, 5.74) is 2.01. The molecule has 0 saturated carbocycles. The number of carbonyl (C=O) groups is 1. The summed E-state index contributed by atoms with van der Waals surface area (Å²) in [4.78, 5) is 12.5. The van der Waals surface area contributed by atoms with E-state index in [1.807, 2.05) is 12.1 Å². The second-order valence-electron chi connectivity index (χ2n) is 13.1. The van der Waals surface area contributed by atoms with E-state index in [1.165, 1.54) is 96.3 Å². The highest BCUT2D eigenvalue weighted by Crippen LogP contribution is 2.41. The molecular formula is C33H60N2O2. The number of aromatic hydroxyl groups is 1. The minimum absolute atomic E-state index is 0.175. The van der Waals surface area contributed by atoms with Gasteiger partial charge in [0.1, 0.15) is 5.75 Å². The topological polar surface area (TPSA) is 61.4 Å². The average Bonchev–Trinajstić information content (AvgIpc) is 2.80. The van der Waals surface area contributed by atoms with Crippen LogP contribution in [0.25, 0.3) is 0 Å². The van der Waals surface area contributed by atoms with Crippen molar-refractivity contribution in [3.8, 4) is 5.75 Å². The van der Waals surface area contributed by atoms with Gasteiger partial charge in [0.05, 0.1) is 0 Å². The van der Waals surface area contributed by atoms with E-state index in [-0.39, 0.29) is 16.9 Å². The van der Waals surface area contributed by atoms with Crippen molar-refractivity contribution >= 4 is 11.7 Å². The number of hydrogen-bond acceptors (Lipinski definition) is 2. The molecule has 0 aliphatic heterocycles. The van der Waals surface area contributed by atoms with Crippen molar-refractivity contribution in [2.75, 3.05) is 11.9 Å². The van der Waals surface area contributed by atoms with Crippen LogP contribution < -0.4 is 10.6 Å². The van der Waals surface area contributed by atoms with Crippen LogP contribution in [0, 0.1) is 0 Å². The first-order valence-corrected chi connectivity index (χ1v) is 15.4. The van der Waals surface area contributed by atoms with Gasteiger partial charge < -0.3 is 15.7 Å². The van der Waals surface area contributed by atoms with Crippen LogP contribution in [0.4, 0.5) is 10.5 Å². The fraction of sp³-hybridized carbons (Fsp3) is 0.788. The molecule has 1 rings (SSSR count). The van der Waals surface area contributed by atoms with Crippen LogP contribution in [-0.4, -0.2) is 17.7 Å². The number of urea groups is 1. The van der Waals surface area contributed by atoms with Crippen LogP contribution in [0.15, 0.2) is 12.1 Å². The van der Waals surface area contributed by atoms with E-state index >= 15 is 0 Å². The van der Waals surface area contributed by atoms with Gasteiger partial charge in [0, 0.05) is 23.4 Å². The molecule has 0 atom stereocenters. The van der Waals surface area contributed by atoms with E-state index < -0.39 is 0 Å². The SMILES string of the molecule is CCCCCCCCCCCCCCCCCCNC(=O)Nc1cc(C(C)(C)C)c(O)c(C(C)(C)C)c1. The zero-order valence-corrected chi connectivity index (χ0v) is 25.5. The lowest BCUT2D eigenvalue weighted by Gasteiger charge is -2.28. The molecule has 2 amide bonds. The predicted molar refractivity (Wildman–Crippen MR) is 162 cm³/mol. The number of carbonyl (C=O) groups excluding carboxylic acids is 1. The van der Waals surface area contributed by atoms with Gasteiger partial charge in [0.25, 0.3) is 0 Å². The second-order valence-corrected chi connectivity index (χ2v) is 13.1. The number of nitrogens with one attached hydrogen (secondary N) is 2. The molecular weight excluding hydrogens is 456 g/mol. The first-order valence-electron chi connectivity index (χ1n) is 15.4. The Morgan fingerprint density at radius 1 is 0.649 bits per heavy atom. The molecule has 0 aliphatic carbocycles. The average molecular weight is 517 g/mol. The molecule has 0 aliphatic rings. The lowest BCUT2D eigenvalue weighted by atomic mass is 9.79. The summed E-state index contributed by atoms with van der Waals surface area (Å²) in [6.07, 6.45) is 21.6. The highest BCUT2D eigenvalue weighted by atomic mass is 16.3. The largest absolute Gasteiger partial charge is 0.507 e. The van der Waals surface area contributed by atoms with Gasteiger partial charge >= 0.3 is 6.03 Å². The van der Waals surface area contributed by atoms with Crippen molar-refractivity contribution in [2.24, 2.45) is 0 Å². The zero-order valence-electron chi connectivity index (χ0n) is 25.5. The molecule has 4 heteroatoms. The van der Waals surface area contributed by atoms with Gasteiger partial charge in [-0.3, -0.25) is 0 Å².